The molecular weight excluding hydrogens is 332 g/mol. The summed E-state index contributed by atoms with van der Waals surface area (Å²) in [4.78, 5) is 12.4. The topological polar surface area (TPSA) is 65.4 Å². The third-order valence-electron chi connectivity index (χ3n) is 3.00. The molecule has 0 unspecified atom stereocenters. The third kappa shape index (κ3) is 3.70. The monoisotopic (exact) mass is 345 g/mol. The SMILES string of the molecule is COc1c(NC(=O)c2cc(Cl)ccc2OC(F)F)c(C)nn1C. The van der Waals surface area contributed by atoms with E-state index >= 15 is 0 Å². The van der Waals surface area contributed by atoms with Crippen LogP contribution in [-0.2, 0) is 7.05 Å². The quantitative estimate of drug-likeness (QED) is 0.903. The second kappa shape index (κ2) is 6.82. The normalized spacial score (nSPS) is 10.7. The molecule has 0 saturated carbocycles. The molecule has 0 aliphatic carbocycles. The standard InChI is InChI=1S/C14H14ClF2N3O3/c1-7-11(13(22-3)20(2)19-7)18-12(21)9-6-8(15)4-5-10(9)23-14(16)17/h4-6,14H,1-3H3,(H,18,21). The number of nitrogens with zero attached hydrogens (tertiary/aromatic N) is 2. The maximum absolute atomic E-state index is 12.5. The number of rotatable bonds is 5. The van der Waals surface area contributed by atoms with Crippen molar-refractivity contribution >= 4 is 23.2 Å². The van der Waals surface area contributed by atoms with Gasteiger partial charge in [0.1, 0.15) is 11.4 Å². The number of ether oxygens (including phenoxy) is 2. The lowest BCUT2D eigenvalue weighted by atomic mass is 10.2. The number of carbonyl (C=O) groups is 1. The van der Waals surface area contributed by atoms with E-state index in [1.165, 1.54) is 30.0 Å². The number of halogens is 3. The molecule has 124 valence electrons. The van der Waals surface area contributed by atoms with Gasteiger partial charge in [0.05, 0.1) is 18.4 Å². The molecule has 0 spiro atoms. The van der Waals surface area contributed by atoms with Gasteiger partial charge in [0.25, 0.3) is 5.91 Å². The van der Waals surface area contributed by atoms with Gasteiger partial charge < -0.3 is 14.8 Å². The predicted octanol–water partition coefficient (Wildman–Crippen LogP) is 3.24. The molecule has 2 aromatic rings. The Labute approximate surface area is 135 Å². The minimum Gasteiger partial charge on any atom is -0.480 e. The maximum atomic E-state index is 12.5. The Morgan fingerprint density at radius 2 is 2.13 bits per heavy atom. The summed E-state index contributed by atoms with van der Waals surface area (Å²) in [6.45, 7) is -1.38. The van der Waals surface area contributed by atoms with Gasteiger partial charge in [0, 0.05) is 12.1 Å². The van der Waals surface area contributed by atoms with Crippen molar-refractivity contribution in [3.63, 3.8) is 0 Å². The molecule has 1 N–H and O–H groups in total. The number of methoxy groups -OCH3 is 1. The Bertz CT molecular complexity index is 734. The highest BCUT2D eigenvalue weighted by atomic mass is 35.5. The smallest absolute Gasteiger partial charge is 0.387 e. The molecule has 0 aliphatic rings. The van der Waals surface area contributed by atoms with Crippen LogP contribution < -0.4 is 14.8 Å². The summed E-state index contributed by atoms with van der Waals surface area (Å²) in [7, 11) is 3.07. The van der Waals surface area contributed by atoms with Crippen molar-refractivity contribution in [1.29, 1.82) is 0 Å². The molecule has 1 aromatic heterocycles. The summed E-state index contributed by atoms with van der Waals surface area (Å²) in [5.74, 6) is -0.617. The van der Waals surface area contributed by atoms with E-state index in [-0.39, 0.29) is 16.3 Å². The number of hydrogen-bond acceptors (Lipinski definition) is 4. The van der Waals surface area contributed by atoms with Crippen molar-refractivity contribution in [2.75, 3.05) is 12.4 Å². The molecule has 0 bridgehead atoms. The first-order valence-electron chi connectivity index (χ1n) is 6.46. The van der Waals surface area contributed by atoms with Crippen LogP contribution in [0.1, 0.15) is 16.1 Å². The van der Waals surface area contributed by atoms with E-state index in [0.717, 1.165) is 0 Å². The Balaban J connectivity index is 2.36. The number of aromatic nitrogens is 2. The van der Waals surface area contributed by atoms with Crippen LogP contribution in [0.25, 0.3) is 0 Å². The third-order valence-corrected chi connectivity index (χ3v) is 3.24. The largest absolute Gasteiger partial charge is 0.480 e. The highest BCUT2D eigenvalue weighted by Gasteiger charge is 2.21. The molecule has 1 amide bonds. The van der Waals surface area contributed by atoms with Crippen LogP contribution in [0.4, 0.5) is 14.5 Å². The van der Waals surface area contributed by atoms with Crippen molar-refractivity contribution in [3.05, 3.63) is 34.5 Å². The minimum absolute atomic E-state index is 0.122. The van der Waals surface area contributed by atoms with Gasteiger partial charge in [-0.1, -0.05) is 11.6 Å². The Kier molecular flexibility index (Phi) is 5.05. The van der Waals surface area contributed by atoms with Crippen molar-refractivity contribution < 1.29 is 23.0 Å². The number of aryl methyl sites for hydroxylation is 2. The van der Waals surface area contributed by atoms with E-state index in [2.05, 4.69) is 15.2 Å². The first-order valence-corrected chi connectivity index (χ1v) is 6.84. The molecule has 0 saturated heterocycles. The van der Waals surface area contributed by atoms with Gasteiger partial charge in [-0.3, -0.25) is 4.79 Å². The average molecular weight is 346 g/mol. The van der Waals surface area contributed by atoms with Gasteiger partial charge in [-0.05, 0) is 25.1 Å². The van der Waals surface area contributed by atoms with E-state index < -0.39 is 12.5 Å². The molecule has 1 aromatic carbocycles. The highest BCUT2D eigenvalue weighted by Crippen LogP contribution is 2.30. The second-order valence-corrected chi connectivity index (χ2v) is 5.00. The predicted molar refractivity (Wildman–Crippen MR) is 80.5 cm³/mol. The van der Waals surface area contributed by atoms with Crippen LogP contribution in [0.2, 0.25) is 5.02 Å². The number of alkyl halides is 2. The number of carbonyl (C=O) groups excluding carboxylic acids is 1. The first kappa shape index (κ1) is 17.0. The minimum atomic E-state index is -3.06. The van der Waals surface area contributed by atoms with Crippen molar-refractivity contribution in [1.82, 2.24) is 9.78 Å². The molecule has 1 heterocycles. The summed E-state index contributed by atoms with van der Waals surface area (Å²) in [5.41, 5.74) is 0.724. The number of hydrogen-bond donors (Lipinski definition) is 1. The number of amides is 1. The van der Waals surface area contributed by atoms with Crippen LogP contribution in [0.15, 0.2) is 18.2 Å². The fourth-order valence-corrected chi connectivity index (χ4v) is 2.25. The van der Waals surface area contributed by atoms with E-state index in [0.29, 0.717) is 17.3 Å². The first-order chi connectivity index (χ1) is 10.8. The summed E-state index contributed by atoms with van der Waals surface area (Å²) >= 11 is 5.83. The Morgan fingerprint density at radius 3 is 2.74 bits per heavy atom. The second-order valence-electron chi connectivity index (χ2n) is 4.57. The summed E-state index contributed by atoms with van der Waals surface area (Å²) in [6.07, 6.45) is 0. The molecule has 0 atom stereocenters. The van der Waals surface area contributed by atoms with Gasteiger partial charge in [-0.15, -0.1) is 0 Å². The Hall–Kier alpha value is -2.35. The van der Waals surface area contributed by atoms with Crippen LogP contribution >= 0.6 is 11.6 Å². The maximum Gasteiger partial charge on any atom is 0.387 e. The summed E-state index contributed by atoms with van der Waals surface area (Å²) < 4.78 is 35.9. The molecule has 23 heavy (non-hydrogen) atoms. The lowest BCUT2D eigenvalue weighted by molar-refractivity contribution is -0.0501. The fourth-order valence-electron chi connectivity index (χ4n) is 2.07. The van der Waals surface area contributed by atoms with Crippen LogP contribution in [0.5, 0.6) is 11.6 Å². The zero-order valence-electron chi connectivity index (χ0n) is 12.6. The van der Waals surface area contributed by atoms with Crippen molar-refractivity contribution in [2.24, 2.45) is 7.05 Å². The van der Waals surface area contributed by atoms with Crippen molar-refractivity contribution in [2.45, 2.75) is 13.5 Å². The average Bonchev–Trinajstić information content (AvgIpc) is 2.74. The van der Waals surface area contributed by atoms with Gasteiger partial charge >= 0.3 is 6.61 Å². The van der Waals surface area contributed by atoms with Crippen LogP contribution in [-0.4, -0.2) is 29.4 Å². The Morgan fingerprint density at radius 1 is 1.43 bits per heavy atom. The molecule has 0 radical (unpaired) electrons. The van der Waals surface area contributed by atoms with Crippen LogP contribution in [0.3, 0.4) is 0 Å². The zero-order chi connectivity index (χ0) is 17.1. The number of benzene rings is 1. The highest BCUT2D eigenvalue weighted by molar-refractivity contribution is 6.31. The lowest BCUT2D eigenvalue weighted by Crippen LogP contribution is -2.16. The van der Waals surface area contributed by atoms with Crippen LogP contribution in [0, 0.1) is 6.92 Å². The molecule has 9 heteroatoms. The van der Waals surface area contributed by atoms with E-state index in [1.807, 2.05) is 0 Å². The molecular formula is C14H14ClF2N3O3. The van der Waals surface area contributed by atoms with Gasteiger partial charge in [0.15, 0.2) is 0 Å². The summed E-state index contributed by atoms with van der Waals surface area (Å²) in [6, 6.07) is 3.80. The van der Waals surface area contributed by atoms with Crippen molar-refractivity contribution in [3.8, 4) is 11.6 Å². The zero-order valence-corrected chi connectivity index (χ0v) is 13.3. The van der Waals surface area contributed by atoms with Gasteiger partial charge in [-0.2, -0.15) is 13.9 Å². The molecule has 0 aliphatic heterocycles. The lowest BCUT2D eigenvalue weighted by Gasteiger charge is -2.12. The molecule has 0 fully saturated rings. The molecule has 2 rings (SSSR count). The molecule has 6 nitrogen and oxygen atoms in total. The number of nitrogens with one attached hydrogen (secondary N) is 1. The van der Waals surface area contributed by atoms with E-state index in [1.54, 1.807) is 14.0 Å². The summed E-state index contributed by atoms with van der Waals surface area (Å²) in [5, 5.41) is 6.91. The fraction of sp³-hybridized carbons (Fsp3) is 0.286. The number of anilines is 1. The van der Waals surface area contributed by atoms with Gasteiger partial charge in [-0.25, -0.2) is 4.68 Å². The van der Waals surface area contributed by atoms with E-state index in [4.69, 9.17) is 16.3 Å². The van der Waals surface area contributed by atoms with E-state index in [9.17, 15) is 13.6 Å². The van der Waals surface area contributed by atoms with Gasteiger partial charge in [0.2, 0.25) is 5.88 Å².